The average molecular weight is 304 g/mol. The van der Waals surface area contributed by atoms with Crippen molar-refractivity contribution in [3.8, 4) is 0 Å². The normalized spacial score (nSPS) is 11.5. The fraction of sp³-hybridized carbons (Fsp3) is 0.643. The lowest BCUT2D eigenvalue weighted by molar-refractivity contribution is 0.376. The summed E-state index contributed by atoms with van der Waals surface area (Å²) in [7, 11) is 0. The highest BCUT2D eigenvalue weighted by atomic mass is 35.5. The number of halogens is 2. The topological polar surface area (TPSA) is 37.0 Å². The molecule has 0 unspecified atom stereocenters. The summed E-state index contributed by atoms with van der Waals surface area (Å²) >= 11 is 12.3. The molecule has 0 radical (unpaired) electrons. The molecule has 1 aromatic heterocycles. The summed E-state index contributed by atoms with van der Waals surface area (Å²) in [6, 6.07) is 1.73. The van der Waals surface area contributed by atoms with Gasteiger partial charge in [-0.25, -0.2) is 4.98 Å². The van der Waals surface area contributed by atoms with Crippen molar-refractivity contribution in [2.45, 2.75) is 40.5 Å². The van der Waals surface area contributed by atoms with Gasteiger partial charge in [0.1, 0.15) is 11.6 Å². The number of hydrogen-bond donors (Lipinski definition) is 2. The van der Waals surface area contributed by atoms with E-state index in [1.165, 1.54) is 0 Å². The Labute approximate surface area is 126 Å². The van der Waals surface area contributed by atoms with Crippen LogP contribution < -0.4 is 10.6 Å². The molecule has 2 N–H and O–H groups in total. The van der Waals surface area contributed by atoms with Crippen molar-refractivity contribution < 1.29 is 0 Å². The van der Waals surface area contributed by atoms with Crippen LogP contribution in [0.25, 0.3) is 0 Å². The van der Waals surface area contributed by atoms with Crippen LogP contribution >= 0.6 is 23.2 Å². The monoisotopic (exact) mass is 303 g/mol. The van der Waals surface area contributed by atoms with Gasteiger partial charge in [0.05, 0.1) is 10.0 Å². The first-order valence-corrected chi connectivity index (χ1v) is 7.49. The molecular weight excluding hydrogens is 281 g/mol. The molecule has 0 aliphatic heterocycles. The number of hydrogen-bond acceptors (Lipinski definition) is 3. The Morgan fingerprint density at radius 2 is 1.68 bits per heavy atom. The van der Waals surface area contributed by atoms with Gasteiger partial charge in [0.15, 0.2) is 0 Å². The third-order valence-electron chi connectivity index (χ3n) is 3.16. The standard InChI is InChI=1S/C14H23Cl2N3/c1-5-7-17-12-10(15)8-11(16)13(19-12)18-9-14(3,4)6-2/h8H,5-7,9H2,1-4H3,(H2,17,18,19). The number of aromatic nitrogens is 1. The number of pyridine rings is 1. The molecule has 1 heterocycles. The molecule has 0 bridgehead atoms. The molecule has 0 saturated heterocycles. The number of nitrogens with zero attached hydrogens (tertiary/aromatic N) is 1. The Balaban J connectivity index is 2.82. The Morgan fingerprint density at radius 3 is 2.21 bits per heavy atom. The largest absolute Gasteiger partial charge is 0.369 e. The molecule has 0 aliphatic rings. The van der Waals surface area contributed by atoms with Crippen LogP contribution in [0, 0.1) is 5.41 Å². The number of nitrogens with one attached hydrogen (secondary N) is 2. The summed E-state index contributed by atoms with van der Waals surface area (Å²) in [5, 5.41) is 7.62. The summed E-state index contributed by atoms with van der Waals surface area (Å²) in [6.45, 7) is 10.4. The maximum absolute atomic E-state index is 6.17. The lowest BCUT2D eigenvalue weighted by atomic mass is 9.90. The second kappa shape index (κ2) is 7.20. The van der Waals surface area contributed by atoms with Crippen molar-refractivity contribution in [1.29, 1.82) is 0 Å². The van der Waals surface area contributed by atoms with Gasteiger partial charge in [-0.05, 0) is 24.3 Å². The number of anilines is 2. The molecule has 0 spiro atoms. The lowest BCUT2D eigenvalue weighted by Gasteiger charge is -2.23. The summed E-state index contributed by atoms with van der Waals surface area (Å²) in [5.41, 5.74) is 0.210. The SMILES string of the molecule is CCCNc1nc(NCC(C)(C)CC)c(Cl)cc1Cl. The van der Waals surface area contributed by atoms with Crippen molar-refractivity contribution in [1.82, 2.24) is 4.98 Å². The van der Waals surface area contributed by atoms with Gasteiger partial charge in [-0.2, -0.15) is 0 Å². The van der Waals surface area contributed by atoms with E-state index in [0.717, 1.165) is 25.9 Å². The zero-order valence-electron chi connectivity index (χ0n) is 12.1. The van der Waals surface area contributed by atoms with Gasteiger partial charge in [0, 0.05) is 13.1 Å². The highest BCUT2D eigenvalue weighted by Crippen LogP contribution is 2.30. The zero-order valence-corrected chi connectivity index (χ0v) is 13.6. The Hall–Kier alpha value is -0.670. The highest BCUT2D eigenvalue weighted by Gasteiger charge is 2.16. The van der Waals surface area contributed by atoms with E-state index in [1.807, 2.05) is 0 Å². The molecule has 1 rings (SSSR count). The predicted octanol–water partition coefficient (Wildman–Crippen LogP) is 5.06. The molecule has 108 valence electrons. The van der Waals surface area contributed by atoms with E-state index in [0.29, 0.717) is 21.7 Å². The summed E-state index contributed by atoms with van der Waals surface area (Å²) in [4.78, 5) is 4.46. The van der Waals surface area contributed by atoms with Gasteiger partial charge in [0.2, 0.25) is 0 Å². The van der Waals surface area contributed by atoms with Crippen LogP contribution in [0.4, 0.5) is 11.6 Å². The van der Waals surface area contributed by atoms with Gasteiger partial charge < -0.3 is 10.6 Å². The van der Waals surface area contributed by atoms with Crippen molar-refractivity contribution >= 4 is 34.8 Å². The van der Waals surface area contributed by atoms with E-state index in [1.54, 1.807) is 6.07 Å². The third kappa shape index (κ3) is 5.07. The van der Waals surface area contributed by atoms with Crippen LogP contribution in [0.5, 0.6) is 0 Å². The van der Waals surface area contributed by atoms with Crippen LogP contribution in [0.3, 0.4) is 0 Å². The lowest BCUT2D eigenvalue weighted by Crippen LogP contribution is -2.22. The Bertz CT molecular complexity index is 419. The van der Waals surface area contributed by atoms with Crippen molar-refractivity contribution in [3.63, 3.8) is 0 Å². The molecule has 0 fully saturated rings. The van der Waals surface area contributed by atoms with E-state index in [4.69, 9.17) is 23.2 Å². The van der Waals surface area contributed by atoms with Crippen LogP contribution in [0.2, 0.25) is 10.0 Å². The summed E-state index contributed by atoms with van der Waals surface area (Å²) < 4.78 is 0. The molecular formula is C14H23Cl2N3. The molecule has 3 nitrogen and oxygen atoms in total. The molecule has 19 heavy (non-hydrogen) atoms. The minimum atomic E-state index is 0.210. The first kappa shape index (κ1) is 16.4. The van der Waals surface area contributed by atoms with Crippen LogP contribution in [-0.2, 0) is 0 Å². The first-order chi connectivity index (χ1) is 8.89. The highest BCUT2D eigenvalue weighted by molar-refractivity contribution is 6.37. The van der Waals surface area contributed by atoms with Crippen LogP contribution in [0.1, 0.15) is 40.5 Å². The smallest absolute Gasteiger partial charge is 0.147 e. The van der Waals surface area contributed by atoms with Gasteiger partial charge in [-0.1, -0.05) is 50.9 Å². The fourth-order valence-corrected chi connectivity index (χ4v) is 1.90. The summed E-state index contributed by atoms with van der Waals surface area (Å²) in [5.74, 6) is 1.37. The van der Waals surface area contributed by atoms with E-state index in [9.17, 15) is 0 Å². The maximum atomic E-state index is 6.17. The second-order valence-electron chi connectivity index (χ2n) is 5.45. The minimum Gasteiger partial charge on any atom is -0.369 e. The fourth-order valence-electron chi connectivity index (χ4n) is 1.41. The molecule has 0 aliphatic carbocycles. The van der Waals surface area contributed by atoms with Crippen LogP contribution in [-0.4, -0.2) is 18.1 Å². The van der Waals surface area contributed by atoms with Crippen molar-refractivity contribution in [2.75, 3.05) is 23.7 Å². The van der Waals surface area contributed by atoms with Gasteiger partial charge in [-0.3, -0.25) is 0 Å². The van der Waals surface area contributed by atoms with Crippen molar-refractivity contribution in [2.24, 2.45) is 5.41 Å². The number of rotatable bonds is 7. The van der Waals surface area contributed by atoms with Gasteiger partial charge >= 0.3 is 0 Å². The molecule has 0 aromatic carbocycles. The molecule has 1 aromatic rings. The quantitative estimate of drug-likeness (QED) is 0.739. The Kier molecular flexibility index (Phi) is 6.21. The van der Waals surface area contributed by atoms with Crippen molar-refractivity contribution in [3.05, 3.63) is 16.1 Å². The second-order valence-corrected chi connectivity index (χ2v) is 6.26. The van der Waals surface area contributed by atoms with Gasteiger partial charge in [0.25, 0.3) is 0 Å². The van der Waals surface area contributed by atoms with Crippen LogP contribution in [0.15, 0.2) is 6.07 Å². The molecule has 0 atom stereocenters. The Morgan fingerprint density at radius 1 is 1.11 bits per heavy atom. The molecule has 0 amide bonds. The molecule has 5 heteroatoms. The van der Waals surface area contributed by atoms with E-state index in [-0.39, 0.29) is 5.41 Å². The predicted molar refractivity (Wildman–Crippen MR) is 85.6 cm³/mol. The first-order valence-electron chi connectivity index (χ1n) is 6.73. The van der Waals surface area contributed by atoms with E-state index < -0.39 is 0 Å². The van der Waals surface area contributed by atoms with E-state index in [2.05, 4.69) is 43.3 Å². The summed E-state index contributed by atoms with van der Waals surface area (Å²) in [6.07, 6.45) is 2.11. The zero-order chi connectivity index (χ0) is 14.5. The average Bonchev–Trinajstić information content (AvgIpc) is 2.36. The minimum absolute atomic E-state index is 0.210. The third-order valence-corrected chi connectivity index (χ3v) is 3.74. The maximum Gasteiger partial charge on any atom is 0.147 e. The van der Waals surface area contributed by atoms with Gasteiger partial charge in [-0.15, -0.1) is 0 Å². The molecule has 0 saturated carbocycles. The van der Waals surface area contributed by atoms with E-state index >= 15 is 0 Å².